The molecule has 0 aliphatic heterocycles. The molecular formula is C10H18N2O4. The van der Waals surface area contributed by atoms with Gasteiger partial charge < -0.3 is 20.5 Å². The third-order valence-corrected chi connectivity index (χ3v) is 2.47. The number of nitrogens with one attached hydrogen (secondary N) is 2. The number of aliphatic carboxylic acids is 1. The number of carbonyl (C=O) groups is 2. The first-order valence-corrected chi connectivity index (χ1v) is 5.39. The van der Waals surface area contributed by atoms with Crippen molar-refractivity contribution in [2.45, 2.75) is 25.3 Å². The highest BCUT2D eigenvalue weighted by Gasteiger charge is 2.22. The Hall–Kier alpha value is -1.30. The van der Waals surface area contributed by atoms with Crippen molar-refractivity contribution in [3.05, 3.63) is 0 Å². The van der Waals surface area contributed by atoms with Crippen LogP contribution in [0.25, 0.3) is 0 Å². The molecule has 1 unspecified atom stereocenters. The van der Waals surface area contributed by atoms with Gasteiger partial charge in [-0.3, -0.25) is 0 Å². The average molecular weight is 230 g/mol. The average Bonchev–Trinajstić information content (AvgIpc) is 3.01. The van der Waals surface area contributed by atoms with E-state index in [1.54, 1.807) is 0 Å². The van der Waals surface area contributed by atoms with E-state index in [1.807, 2.05) is 0 Å². The Morgan fingerprint density at radius 1 is 1.50 bits per heavy atom. The third-order valence-electron chi connectivity index (χ3n) is 2.47. The predicted octanol–water partition coefficient (Wildman–Crippen LogP) is 0.185. The molecule has 0 aromatic carbocycles. The van der Waals surface area contributed by atoms with Crippen molar-refractivity contribution in [2.75, 3.05) is 20.3 Å². The number of amides is 2. The minimum atomic E-state index is -1.10. The standard InChI is InChI=1S/C10H18N2O4/c1-16-6-8(9(13)14)12-10(15)11-5-4-7-2-3-7/h7-8H,2-6H2,1H3,(H,13,14)(H2,11,12,15). The lowest BCUT2D eigenvalue weighted by molar-refractivity contribution is -0.140. The molecule has 2 amide bonds. The van der Waals surface area contributed by atoms with Crippen LogP contribution in [0.2, 0.25) is 0 Å². The Labute approximate surface area is 94.3 Å². The minimum absolute atomic E-state index is 0.0363. The summed E-state index contributed by atoms with van der Waals surface area (Å²) >= 11 is 0. The van der Waals surface area contributed by atoms with Crippen LogP contribution in [-0.2, 0) is 9.53 Å². The van der Waals surface area contributed by atoms with E-state index in [4.69, 9.17) is 9.84 Å². The topological polar surface area (TPSA) is 87.7 Å². The molecule has 3 N–H and O–H groups in total. The molecule has 6 heteroatoms. The Morgan fingerprint density at radius 3 is 2.69 bits per heavy atom. The van der Waals surface area contributed by atoms with E-state index >= 15 is 0 Å². The van der Waals surface area contributed by atoms with Crippen LogP contribution in [0, 0.1) is 5.92 Å². The lowest BCUT2D eigenvalue weighted by atomic mass is 10.3. The number of methoxy groups -OCH3 is 1. The molecule has 1 rings (SSSR count). The van der Waals surface area contributed by atoms with Gasteiger partial charge in [0.2, 0.25) is 0 Å². The molecule has 0 aromatic rings. The van der Waals surface area contributed by atoms with Gasteiger partial charge in [-0.15, -0.1) is 0 Å². The van der Waals surface area contributed by atoms with E-state index in [9.17, 15) is 9.59 Å². The smallest absolute Gasteiger partial charge is 0.328 e. The maximum atomic E-state index is 11.3. The van der Waals surface area contributed by atoms with Crippen molar-refractivity contribution in [2.24, 2.45) is 5.92 Å². The molecule has 16 heavy (non-hydrogen) atoms. The van der Waals surface area contributed by atoms with Crippen LogP contribution in [0.5, 0.6) is 0 Å². The summed E-state index contributed by atoms with van der Waals surface area (Å²) < 4.78 is 4.70. The van der Waals surface area contributed by atoms with E-state index in [-0.39, 0.29) is 6.61 Å². The third kappa shape index (κ3) is 4.97. The van der Waals surface area contributed by atoms with E-state index in [0.29, 0.717) is 6.54 Å². The van der Waals surface area contributed by atoms with Crippen molar-refractivity contribution in [1.29, 1.82) is 0 Å². The number of ether oxygens (including phenoxy) is 1. The Kier molecular flexibility index (Phi) is 5.04. The van der Waals surface area contributed by atoms with Crippen LogP contribution < -0.4 is 10.6 Å². The van der Waals surface area contributed by atoms with Gasteiger partial charge in [0.05, 0.1) is 6.61 Å². The van der Waals surface area contributed by atoms with Crippen molar-refractivity contribution in [3.63, 3.8) is 0 Å². The number of carbonyl (C=O) groups excluding carboxylic acids is 1. The number of carboxylic acid groups (broad SMARTS) is 1. The first-order chi connectivity index (χ1) is 7.63. The highest BCUT2D eigenvalue weighted by Crippen LogP contribution is 2.31. The van der Waals surface area contributed by atoms with Crippen LogP contribution in [0.1, 0.15) is 19.3 Å². The zero-order valence-electron chi connectivity index (χ0n) is 9.36. The number of urea groups is 1. The molecular weight excluding hydrogens is 212 g/mol. The Bertz CT molecular complexity index is 253. The van der Waals surface area contributed by atoms with Gasteiger partial charge in [0.1, 0.15) is 0 Å². The van der Waals surface area contributed by atoms with Crippen molar-refractivity contribution < 1.29 is 19.4 Å². The highest BCUT2D eigenvalue weighted by atomic mass is 16.5. The number of hydrogen-bond donors (Lipinski definition) is 3. The zero-order valence-corrected chi connectivity index (χ0v) is 9.36. The van der Waals surface area contributed by atoms with Crippen LogP contribution >= 0.6 is 0 Å². The highest BCUT2D eigenvalue weighted by molar-refractivity contribution is 5.82. The Balaban J connectivity index is 2.15. The van der Waals surface area contributed by atoms with Gasteiger partial charge in [-0.2, -0.15) is 0 Å². The van der Waals surface area contributed by atoms with Crippen LogP contribution in [0.3, 0.4) is 0 Å². The molecule has 92 valence electrons. The molecule has 6 nitrogen and oxygen atoms in total. The predicted molar refractivity (Wildman–Crippen MR) is 57.2 cm³/mol. The van der Waals surface area contributed by atoms with E-state index in [0.717, 1.165) is 12.3 Å². The summed E-state index contributed by atoms with van der Waals surface area (Å²) in [5.41, 5.74) is 0. The van der Waals surface area contributed by atoms with Crippen LogP contribution in [0.15, 0.2) is 0 Å². The van der Waals surface area contributed by atoms with Gasteiger partial charge in [0, 0.05) is 13.7 Å². The minimum Gasteiger partial charge on any atom is -0.480 e. The zero-order chi connectivity index (χ0) is 12.0. The van der Waals surface area contributed by atoms with Gasteiger partial charge in [-0.25, -0.2) is 9.59 Å². The van der Waals surface area contributed by atoms with E-state index in [2.05, 4.69) is 10.6 Å². The van der Waals surface area contributed by atoms with Gasteiger partial charge in [-0.05, 0) is 12.3 Å². The van der Waals surface area contributed by atoms with Gasteiger partial charge >= 0.3 is 12.0 Å². The summed E-state index contributed by atoms with van der Waals surface area (Å²) in [5, 5.41) is 13.7. The first kappa shape index (κ1) is 12.8. The SMILES string of the molecule is COCC(NC(=O)NCCC1CC1)C(=O)O. The summed E-state index contributed by atoms with van der Waals surface area (Å²) in [5.74, 6) is -0.353. The second-order valence-electron chi connectivity index (χ2n) is 3.98. The van der Waals surface area contributed by atoms with Crippen molar-refractivity contribution in [3.8, 4) is 0 Å². The van der Waals surface area contributed by atoms with Crippen LogP contribution in [0.4, 0.5) is 4.79 Å². The molecule has 1 aliphatic carbocycles. The van der Waals surface area contributed by atoms with Crippen molar-refractivity contribution in [1.82, 2.24) is 10.6 Å². The molecule has 0 aromatic heterocycles. The maximum absolute atomic E-state index is 11.3. The Morgan fingerprint density at radius 2 is 2.19 bits per heavy atom. The lowest BCUT2D eigenvalue weighted by Crippen LogP contribution is -2.48. The summed E-state index contributed by atoms with van der Waals surface area (Å²) in [6.07, 6.45) is 3.45. The normalized spacial score (nSPS) is 16.6. The maximum Gasteiger partial charge on any atom is 0.328 e. The fraction of sp³-hybridized carbons (Fsp3) is 0.800. The largest absolute Gasteiger partial charge is 0.480 e. The molecule has 1 atom stereocenters. The molecule has 0 spiro atoms. The number of hydrogen-bond acceptors (Lipinski definition) is 3. The lowest BCUT2D eigenvalue weighted by Gasteiger charge is -2.13. The monoisotopic (exact) mass is 230 g/mol. The molecule has 0 bridgehead atoms. The quantitative estimate of drug-likeness (QED) is 0.582. The summed E-state index contributed by atoms with van der Waals surface area (Å²) in [4.78, 5) is 22.0. The number of rotatable bonds is 7. The molecule has 1 saturated carbocycles. The van der Waals surface area contributed by atoms with Gasteiger partial charge in [0.25, 0.3) is 0 Å². The second kappa shape index (κ2) is 6.32. The first-order valence-electron chi connectivity index (χ1n) is 5.39. The fourth-order valence-electron chi connectivity index (χ4n) is 1.35. The molecule has 0 heterocycles. The molecule has 0 saturated heterocycles. The number of carboxylic acids is 1. The van der Waals surface area contributed by atoms with E-state index < -0.39 is 18.0 Å². The summed E-state index contributed by atoms with van der Waals surface area (Å²) in [6.45, 7) is 0.557. The molecule has 1 fully saturated rings. The summed E-state index contributed by atoms with van der Waals surface area (Å²) in [6, 6.07) is -1.45. The van der Waals surface area contributed by atoms with E-state index in [1.165, 1.54) is 20.0 Å². The molecule has 0 radical (unpaired) electrons. The van der Waals surface area contributed by atoms with Crippen molar-refractivity contribution >= 4 is 12.0 Å². The second-order valence-corrected chi connectivity index (χ2v) is 3.98. The fourth-order valence-corrected chi connectivity index (χ4v) is 1.35. The summed E-state index contributed by atoms with van der Waals surface area (Å²) in [7, 11) is 1.39. The van der Waals surface area contributed by atoms with Crippen LogP contribution in [-0.4, -0.2) is 43.4 Å². The van der Waals surface area contributed by atoms with Gasteiger partial charge in [-0.1, -0.05) is 12.8 Å². The molecule has 1 aliphatic rings. The van der Waals surface area contributed by atoms with Gasteiger partial charge in [0.15, 0.2) is 6.04 Å².